The summed E-state index contributed by atoms with van der Waals surface area (Å²) < 4.78 is 57.1. The van der Waals surface area contributed by atoms with Gasteiger partial charge in [0.2, 0.25) is 0 Å². The smallest absolute Gasteiger partial charge is 0.421 e. The monoisotopic (exact) mass is 469 g/mol. The zero-order valence-electron chi connectivity index (χ0n) is 17.1. The Hall–Kier alpha value is -3.12. The number of amides is 3. The fourth-order valence-corrected chi connectivity index (χ4v) is 4.11. The minimum Gasteiger partial charge on any atom is -0.444 e. The lowest BCUT2D eigenvalue weighted by Crippen LogP contribution is -2.43. The van der Waals surface area contributed by atoms with Gasteiger partial charge in [0, 0.05) is 0 Å². The van der Waals surface area contributed by atoms with Crippen molar-refractivity contribution in [3.05, 3.63) is 59.7 Å². The second-order valence-electron chi connectivity index (χ2n) is 6.76. The van der Waals surface area contributed by atoms with E-state index in [0.29, 0.717) is 0 Å². The summed E-state index contributed by atoms with van der Waals surface area (Å²) in [6.07, 6.45) is -2.18. The van der Waals surface area contributed by atoms with Crippen molar-refractivity contribution in [1.29, 1.82) is 0 Å². The van der Waals surface area contributed by atoms with Crippen LogP contribution in [0.5, 0.6) is 0 Å². The van der Waals surface area contributed by atoms with E-state index in [9.17, 15) is 26.4 Å². The molecule has 0 saturated heterocycles. The van der Waals surface area contributed by atoms with Gasteiger partial charge in [0.05, 0.1) is 16.3 Å². The van der Waals surface area contributed by atoms with Crippen LogP contribution in [0.4, 0.5) is 9.59 Å². The Bertz CT molecular complexity index is 1140. The normalized spacial score (nSPS) is 12.5. The molecule has 0 aromatic heterocycles. The summed E-state index contributed by atoms with van der Waals surface area (Å²) >= 11 is 0. The van der Waals surface area contributed by atoms with Crippen LogP contribution in [0.1, 0.15) is 18.1 Å². The van der Waals surface area contributed by atoms with Crippen LogP contribution in [0.2, 0.25) is 0 Å². The van der Waals surface area contributed by atoms with E-state index in [0.717, 1.165) is 11.1 Å². The van der Waals surface area contributed by atoms with Gasteiger partial charge < -0.3 is 10.1 Å². The third-order valence-electron chi connectivity index (χ3n) is 3.97. The van der Waals surface area contributed by atoms with E-state index < -0.39 is 38.3 Å². The number of nitrogens with one attached hydrogen (secondary N) is 3. The summed E-state index contributed by atoms with van der Waals surface area (Å²) in [5, 5.41) is 2.24. The molecule has 168 valence electrons. The van der Waals surface area contributed by atoms with Crippen molar-refractivity contribution in [3.8, 4) is 0 Å². The Morgan fingerprint density at radius 3 is 1.68 bits per heavy atom. The molecule has 3 amide bonds. The molecule has 3 N–H and O–H groups in total. The van der Waals surface area contributed by atoms with Crippen molar-refractivity contribution in [2.24, 2.45) is 0 Å². The van der Waals surface area contributed by atoms with Gasteiger partial charge in [-0.2, -0.15) is 0 Å². The lowest BCUT2D eigenvalue weighted by atomic mass is 10.2. The van der Waals surface area contributed by atoms with Gasteiger partial charge in [0.25, 0.3) is 20.0 Å². The first kappa shape index (κ1) is 24.2. The zero-order chi connectivity index (χ0) is 23.2. The first-order chi connectivity index (χ1) is 14.4. The van der Waals surface area contributed by atoms with Crippen LogP contribution >= 0.6 is 0 Å². The van der Waals surface area contributed by atoms with E-state index >= 15 is 0 Å². The third-order valence-corrected chi connectivity index (χ3v) is 6.64. The van der Waals surface area contributed by atoms with Crippen LogP contribution in [-0.2, 0) is 24.8 Å². The largest absolute Gasteiger partial charge is 0.444 e. The maximum absolute atomic E-state index is 12.2. The van der Waals surface area contributed by atoms with Crippen molar-refractivity contribution in [2.45, 2.75) is 36.7 Å². The fourth-order valence-electron chi connectivity index (χ4n) is 2.31. The number of carbonyl (C=O) groups is 2. The van der Waals surface area contributed by atoms with Crippen molar-refractivity contribution in [3.63, 3.8) is 0 Å². The minimum atomic E-state index is -4.11. The second-order valence-corrected chi connectivity index (χ2v) is 10.1. The number of sulfonamides is 2. The Morgan fingerprint density at radius 2 is 1.23 bits per heavy atom. The SMILES string of the molecule is Cc1ccc(S(=O)(=O)NC(=O)NCC(C)OC(=O)NS(=O)(=O)c2ccc(C)cc2)cc1. The minimum absolute atomic E-state index is 0.0850. The molecule has 0 bridgehead atoms. The molecule has 12 heteroatoms. The molecule has 31 heavy (non-hydrogen) atoms. The van der Waals surface area contributed by atoms with Gasteiger partial charge in [0.15, 0.2) is 0 Å². The molecule has 2 rings (SSSR count). The third kappa shape index (κ3) is 7.26. The maximum Gasteiger partial charge on any atom is 0.421 e. The van der Waals surface area contributed by atoms with Crippen LogP contribution in [0.3, 0.4) is 0 Å². The fraction of sp³-hybridized carbons (Fsp3) is 0.263. The molecule has 0 aliphatic carbocycles. The number of rotatable bonds is 7. The highest BCUT2D eigenvalue weighted by atomic mass is 32.2. The summed E-state index contributed by atoms with van der Waals surface area (Å²) in [6, 6.07) is 10.7. The molecule has 0 aliphatic rings. The first-order valence-electron chi connectivity index (χ1n) is 9.06. The summed E-state index contributed by atoms with van der Waals surface area (Å²) in [6.45, 7) is 4.72. The van der Waals surface area contributed by atoms with Crippen LogP contribution in [0, 0.1) is 13.8 Å². The predicted molar refractivity (Wildman–Crippen MR) is 112 cm³/mol. The standard InChI is InChI=1S/C19H23N3O7S2/c1-13-4-8-16(9-5-13)30(25,26)21-18(23)20-12-15(3)29-19(24)22-31(27,28)17-10-6-14(2)7-11-17/h4-11,15H,12H2,1-3H3,(H,22,24)(H2,20,21,23). The van der Waals surface area contributed by atoms with Gasteiger partial charge >= 0.3 is 12.1 Å². The Labute approximate surface area is 181 Å². The van der Waals surface area contributed by atoms with Crippen molar-refractivity contribution in [2.75, 3.05) is 6.54 Å². The van der Waals surface area contributed by atoms with Crippen molar-refractivity contribution in [1.82, 2.24) is 14.8 Å². The Balaban J connectivity index is 1.84. The number of urea groups is 1. The van der Waals surface area contributed by atoms with Gasteiger partial charge in [-0.1, -0.05) is 35.4 Å². The quantitative estimate of drug-likeness (QED) is 0.560. The molecule has 0 heterocycles. The number of aryl methyl sites for hydroxylation is 2. The molecular weight excluding hydrogens is 446 g/mol. The molecule has 10 nitrogen and oxygen atoms in total. The van der Waals surface area contributed by atoms with Gasteiger partial charge in [-0.25, -0.2) is 35.9 Å². The summed E-state index contributed by atoms with van der Waals surface area (Å²) in [5.41, 5.74) is 1.71. The van der Waals surface area contributed by atoms with Gasteiger partial charge in [-0.3, -0.25) is 0 Å². The van der Waals surface area contributed by atoms with E-state index in [2.05, 4.69) is 5.32 Å². The molecule has 2 aromatic carbocycles. The molecule has 0 saturated carbocycles. The maximum atomic E-state index is 12.2. The van der Waals surface area contributed by atoms with E-state index in [1.807, 2.05) is 4.72 Å². The average molecular weight is 470 g/mol. The molecule has 0 spiro atoms. The van der Waals surface area contributed by atoms with Gasteiger partial charge in [-0.15, -0.1) is 0 Å². The Kier molecular flexibility index (Phi) is 7.63. The van der Waals surface area contributed by atoms with Gasteiger partial charge in [0.1, 0.15) is 6.10 Å². The highest BCUT2D eigenvalue weighted by Gasteiger charge is 2.21. The van der Waals surface area contributed by atoms with E-state index in [1.54, 1.807) is 42.8 Å². The number of hydrogen-bond donors (Lipinski definition) is 3. The van der Waals surface area contributed by atoms with Crippen LogP contribution in [0.15, 0.2) is 58.3 Å². The van der Waals surface area contributed by atoms with Crippen molar-refractivity contribution >= 4 is 32.2 Å². The second kappa shape index (κ2) is 9.79. The lowest BCUT2D eigenvalue weighted by Gasteiger charge is -2.15. The highest BCUT2D eigenvalue weighted by Crippen LogP contribution is 2.11. The molecule has 0 aliphatic heterocycles. The Morgan fingerprint density at radius 1 is 0.806 bits per heavy atom. The average Bonchev–Trinajstić information content (AvgIpc) is 2.66. The number of carbonyl (C=O) groups excluding carboxylic acids is 2. The molecule has 1 unspecified atom stereocenters. The van der Waals surface area contributed by atoms with Crippen LogP contribution in [-0.4, -0.2) is 41.6 Å². The van der Waals surface area contributed by atoms with Gasteiger partial charge in [-0.05, 0) is 45.0 Å². The topological polar surface area (TPSA) is 148 Å². The first-order valence-corrected chi connectivity index (χ1v) is 12.0. The zero-order valence-corrected chi connectivity index (χ0v) is 18.7. The molecule has 1 atom stereocenters. The predicted octanol–water partition coefficient (Wildman–Crippen LogP) is 1.79. The van der Waals surface area contributed by atoms with Crippen LogP contribution < -0.4 is 14.8 Å². The van der Waals surface area contributed by atoms with Crippen molar-refractivity contribution < 1.29 is 31.2 Å². The van der Waals surface area contributed by atoms with E-state index in [-0.39, 0.29) is 16.3 Å². The number of ether oxygens (including phenoxy) is 1. The van der Waals surface area contributed by atoms with E-state index in [1.165, 1.54) is 31.2 Å². The number of hydrogen-bond acceptors (Lipinski definition) is 7. The molecule has 0 radical (unpaired) electrons. The van der Waals surface area contributed by atoms with Crippen LogP contribution in [0.25, 0.3) is 0 Å². The van der Waals surface area contributed by atoms with E-state index in [4.69, 9.17) is 4.74 Å². The summed E-state index contributed by atoms with van der Waals surface area (Å²) in [4.78, 5) is 23.5. The molecule has 2 aromatic rings. The molecule has 0 fully saturated rings. The summed E-state index contributed by atoms with van der Waals surface area (Å²) in [7, 11) is -8.18. The number of benzene rings is 2. The molecular formula is C19H23N3O7S2. The summed E-state index contributed by atoms with van der Waals surface area (Å²) in [5.74, 6) is 0. The highest BCUT2D eigenvalue weighted by molar-refractivity contribution is 7.90. The lowest BCUT2D eigenvalue weighted by molar-refractivity contribution is 0.112.